The SMILES string of the molecule is Cc1ccc([N+](=O)[O-])cc1OCc1c(Br)c(C)nn1C. The van der Waals surface area contributed by atoms with Crippen LogP contribution in [0.5, 0.6) is 5.75 Å². The smallest absolute Gasteiger partial charge is 0.273 e. The lowest BCUT2D eigenvalue weighted by Gasteiger charge is -2.09. The Morgan fingerprint density at radius 2 is 2.15 bits per heavy atom. The molecule has 0 aliphatic rings. The van der Waals surface area contributed by atoms with Gasteiger partial charge in [0.1, 0.15) is 12.4 Å². The van der Waals surface area contributed by atoms with Gasteiger partial charge in [0, 0.05) is 13.1 Å². The standard InChI is InChI=1S/C13H14BrN3O3/c1-8-4-5-10(17(18)19)6-12(8)20-7-11-13(14)9(2)15-16(11)3/h4-6H,7H2,1-3H3. The Bertz CT molecular complexity index is 667. The predicted octanol–water partition coefficient (Wildman–Crippen LogP) is 3.29. The summed E-state index contributed by atoms with van der Waals surface area (Å²) in [7, 11) is 1.83. The molecule has 0 amide bonds. The van der Waals surface area contributed by atoms with Crippen LogP contribution in [-0.4, -0.2) is 14.7 Å². The van der Waals surface area contributed by atoms with Crippen LogP contribution in [0.1, 0.15) is 17.0 Å². The molecule has 6 nitrogen and oxygen atoms in total. The molecule has 20 heavy (non-hydrogen) atoms. The van der Waals surface area contributed by atoms with Crippen LogP contribution in [0.4, 0.5) is 5.69 Å². The van der Waals surface area contributed by atoms with Gasteiger partial charge < -0.3 is 4.74 Å². The van der Waals surface area contributed by atoms with Crippen molar-refractivity contribution in [2.75, 3.05) is 0 Å². The molecule has 0 fully saturated rings. The fourth-order valence-electron chi connectivity index (χ4n) is 1.84. The highest BCUT2D eigenvalue weighted by molar-refractivity contribution is 9.10. The number of benzene rings is 1. The number of hydrogen-bond donors (Lipinski definition) is 0. The zero-order chi connectivity index (χ0) is 14.9. The molecule has 0 atom stereocenters. The lowest BCUT2D eigenvalue weighted by molar-refractivity contribution is -0.385. The van der Waals surface area contributed by atoms with Gasteiger partial charge in [-0.25, -0.2) is 0 Å². The largest absolute Gasteiger partial charge is 0.487 e. The van der Waals surface area contributed by atoms with Crippen molar-refractivity contribution in [1.82, 2.24) is 9.78 Å². The van der Waals surface area contributed by atoms with E-state index in [1.165, 1.54) is 12.1 Å². The normalized spacial score (nSPS) is 10.6. The van der Waals surface area contributed by atoms with Crippen molar-refractivity contribution < 1.29 is 9.66 Å². The van der Waals surface area contributed by atoms with E-state index in [1.807, 2.05) is 20.9 Å². The number of hydrogen-bond acceptors (Lipinski definition) is 4. The van der Waals surface area contributed by atoms with Crippen molar-refractivity contribution in [2.24, 2.45) is 7.05 Å². The van der Waals surface area contributed by atoms with Gasteiger partial charge >= 0.3 is 0 Å². The molecule has 106 valence electrons. The molecule has 0 bridgehead atoms. The molecule has 0 aliphatic carbocycles. The molecule has 7 heteroatoms. The third-order valence-corrected chi connectivity index (χ3v) is 4.04. The fraction of sp³-hybridized carbons (Fsp3) is 0.308. The van der Waals surface area contributed by atoms with Gasteiger partial charge in [0.2, 0.25) is 0 Å². The van der Waals surface area contributed by atoms with Crippen LogP contribution >= 0.6 is 15.9 Å². The second-order valence-electron chi connectivity index (χ2n) is 4.47. The zero-order valence-electron chi connectivity index (χ0n) is 11.4. The van der Waals surface area contributed by atoms with Gasteiger partial charge in [-0.05, 0) is 41.4 Å². The number of aromatic nitrogens is 2. The summed E-state index contributed by atoms with van der Waals surface area (Å²) < 4.78 is 8.31. The lowest BCUT2D eigenvalue weighted by Crippen LogP contribution is -2.04. The Labute approximate surface area is 124 Å². The summed E-state index contributed by atoms with van der Waals surface area (Å²) in [5.74, 6) is 0.505. The molecule has 2 rings (SSSR count). The first-order chi connectivity index (χ1) is 9.40. The summed E-state index contributed by atoms with van der Waals surface area (Å²) in [4.78, 5) is 10.3. The molecule has 2 aromatic rings. The van der Waals surface area contributed by atoms with Gasteiger partial charge in [-0.15, -0.1) is 0 Å². The lowest BCUT2D eigenvalue weighted by atomic mass is 10.2. The van der Waals surface area contributed by atoms with Gasteiger partial charge in [-0.3, -0.25) is 14.8 Å². The van der Waals surface area contributed by atoms with Crippen LogP contribution in [0.15, 0.2) is 22.7 Å². The van der Waals surface area contributed by atoms with Gasteiger partial charge in [-0.1, -0.05) is 0 Å². The molecule has 0 spiro atoms. The topological polar surface area (TPSA) is 70.2 Å². The number of halogens is 1. The summed E-state index contributed by atoms with van der Waals surface area (Å²) in [6.45, 7) is 4.04. The second kappa shape index (κ2) is 5.62. The van der Waals surface area contributed by atoms with E-state index in [4.69, 9.17) is 4.74 Å². The van der Waals surface area contributed by atoms with Crippen LogP contribution in [0.3, 0.4) is 0 Å². The number of nitrogens with zero attached hydrogens (tertiary/aromatic N) is 3. The highest BCUT2D eigenvalue weighted by atomic mass is 79.9. The number of rotatable bonds is 4. The van der Waals surface area contributed by atoms with E-state index >= 15 is 0 Å². The molecule has 0 N–H and O–H groups in total. The Balaban J connectivity index is 2.22. The molecule has 1 aromatic heterocycles. The number of aryl methyl sites for hydroxylation is 3. The first-order valence-corrected chi connectivity index (χ1v) is 6.75. The number of ether oxygens (including phenoxy) is 1. The third kappa shape index (κ3) is 2.82. The van der Waals surface area contributed by atoms with Gasteiger partial charge in [0.25, 0.3) is 5.69 Å². The Morgan fingerprint density at radius 3 is 2.70 bits per heavy atom. The summed E-state index contributed by atoms with van der Waals surface area (Å²) in [5, 5.41) is 15.1. The minimum absolute atomic E-state index is 0.0193. The predicted molar refractivity (Wildman–Crippen MR) is 77.8 cm³/mol. The molecule has 0 aliphatic heterocycles. The highest BCUT2D eigenvalue weighted by Crippen LogP contribution is 2.26. The van der Waals surface area contributed by atoms with E-state index in [-0.39, 0.29) is 5.69 Å². The molecule has 0 saturated carbocycles. The van der Waals surface area contributed by atoms with Gasteiger partial charge in [0.05, 0.1) is 26.9 Å². The second-order valence-corrected chi connectivity index (χ2v) is 5.26. The minimum atomic E-state index is -0.434. The van der Waals surface area contributed by atoms with Crippen LogP contribution in [0.25, 0.3) is 0 Å². The van der Waals surface area contributed by atoms with E-state index in [1.54, 1.807) is 10.7 Å². The number of non-ortho nitro benzene ring substituents is 1. The molecule has 0 saturated heterocycles. The van der Waals surface area contributed by atoms with Crippen molar-refractivity contribution in [1.29, 1.82) is 0 Å². The van der Waals surface area contributed by atoms with Crippen molar-refractivity contribution >= 4 is 21.6 Å². The highest BCUT2D eigenvalue weighted by Gasteiger charge is 2.13. The maximum absolute atomic E-state index is 10.8. The summed E-state index contributed by atoms with van der Waals surface area (Å²) in [6.07, 6.45) is 0. The van der Waals surface area contributed by atoms with Crippen LogP contribution in [0.2, 0.25) is 0 Å². The average molecular weight is 340 g/mol. The maximum Gasteiger partial charge on any atom is 0.273 e. The Kier molecular flexibility index (Phi) is 4.08. The van der Waals surface area contributed by atoms with Gasteiger partial charge in [-0.2, -0.15) is 5.10 Å². The zero-order valence-corrected chi connectivity index (χ0v) is 13.0. The van der Waals surface area contributed by atoms with Crippen molar-refractivity contribution in [3.8, 4) is 5.75 Å². The van der Waals surface area contributed by atoms with E-state index in [0.29, 0.717) is 12.4 Å². The molecule has 1 aromatic carbocycles. The van der Waals surface area contributed by atoms with E-state index < -0.39 is 4.92 Å². The first kappa shape index (κ1) is 14.5. The molecule has 0 unspecified atom stereocenters. The Morgan fingerprint density at radius 1 is 1.45 bits per heavy atom. The van der Waals surface area contributed by atoms with Crippen LogP contribution in [-0.2, 0) is 13.7 Å². The van der Waals surface area contributed by atoms with Crippen molar-refractivity contribution in [3.63, 3.8) is 0 Å². The van der Waals surface area contributed by atoms with Crippen LogP contribution in [0, 0.1) is 24.0 Å². The molecular formula is C13H14BrN3O3. The number of nitro benzene ring substituents is 1. The molecular weight excluding hydrogens is 326 g/mol. The third-order valence-electron chi connectivity index (χ3n) is 3.01. The molecule has 0 radical (unpaired) electrons. The quantitative estimate of drug-likeness (QED) is 0.633. The Hall–Kier alpha value is -1.89. The fourth-order valence-corrected chi connectivity index (χ4v) is 2.29. The minimum Gasteiger partial charge on any atom is -0.487 e. The maximum atomic E-state index is 10.8. The van der Waals surface area contributed by atoms with Crippen LogP contribution < -0.4 is 4.74 Å². The monoisotopic (exact) mass is 339 g/mol. The average Bonchev–Trinajstić information content (AvgIpc) is 2.63. The van der Waals surface area contributed by atoms with Crippen molar-refractivity contribution in [2.45, 2.75) is 20.5 Å². The van der Waals surface area contributed by atoms with E-state index in [9.17, 15) is 10.1 Å². The summed E-state index contributed by atoms with van der Waals surface area (Å²) in [6, 6.07) is 4.58. The first-order valence-electron chi connectivity index (χ1n) is 5.96. The summed E-state index contributed by atoms with van der Waals surface area (Å²) >= 11 is 3.46. The number of nitro groups is 1. The molecule has 1 heterocycles. The van der Waals surface area contributed by atoms with Gasteiger partial charge in [0.15, 0.2) is 0 Å². The summed E-state index contributed by atoms with van der Waals surface area (Å²) in [5.41, 5.74) is 2.63. The van der Waals surface area contributed by atoms with Crippen molar-refractivity contribution in [3.05, 3.63) is 49.7 Å². The van der Waals surface area contributed by atoms with E-state index in [0.717, 1.165) is 21.4 Å². The van der Waals surface area contributed by atoms with E-state index in [2.05, 4.69) is 21.0 Å².